The van der Waals surface area contributed by atoms with Gasteiger partial charge in [0.05, 0.1) is 0 Å². The summed E-state index contributed by atoms with van der Waals surface area (Å²) in [4.78, 5) is 45.0. The number of likely N-dealkylation sites (tertiary alicyclic amines) is 1. The average Bonchev–Trinajstić information content (AvgIpc) is 3.27. The molecule has 2 saturated heterocycles. The summed E-state index contributed by atoms with van der Waals surface area (Å²) < 4.78 is 0. The second kappa shape index (κ2) is 11.9. The molecule has 2 aromatic carbocycles. The number of carbonyl (C=O) groups excluding carboxylic acids is 3. The van der Waals surface area contributed by atoms with Crippen molar-refractivity contribution in [3.63, 3.8) is 0 Å². The van der Waals surface area contributed by atoms with Gasteiger partial charge < -0.3 is 14.6 Å². The Balaban J connectivity index is 1.05. The van der Waals surface area contributed by atoms with E-state index in [0.29, 0.717) is 23.6 Å². The second-order valence-corrected chi connectivity index (χ2v) is 11.4. The Kier molecular flexibility index (Phi) is 8.34. The van der Waals surface area contributed by atoms with Gasteiger partial charge in [0, 0.05) is 55.0 Å². The highest BCUT2D eigenvalue weighted by molar-refractivity contribution is 6.30. The Morgan fingerprint density at radius 3 is 2.54 bits per heavy atom. The fraction of sp³-hybridized carbons (Fsp3) is 0.484. The number of imide groups is 1. The number of nitrogens with one attached hydrogen (secondary N) is 1. The molecule has 0 radical (unpaired) electrons. The molecule has 2 fully saturated rings. The maximum atomic E-state index is 13.0. The van der Waals surface area contributed by atoms with Crippen molar-refractivity contribution < 1.29 is 14.4 Å². The van der Waals surface area contributed by atoms with Gasteiger partial charge in [-0.05, 0) is 61.6 Å². The van der Waals surface area contributed by atoms with Crippen molar-refractivity contribution in [3.05, 3.63) is 81.2 Å². The van der Waals surface area contributed by atoms with Crippen molar-refractivity contribution in [1.82, 2.24) is 15.1 Å². The Bertz CT molecular complexity index is 1290. The van der Waals surface area contributed by atoms with Gasteiger partial charge in [-0.1, -0.05) is 48.7 Å². The second-order valence-electron chi connectivity index (χ2n) is 11.0. The Labute approximate surface area is 235 Å². The number of benzene rings is 2. The van der Waals surface area contributed by atoms with Gasteiger partial charge in [0.15, 0.2) is 0 Å². The van der Waals surface area contributed by atoms with Crippen LogP contribution in [0.15, 0.2) is 42.5 Å². The van der Waals surface area contributed by atoms with Gasteiger partial charge in [0.2, 0.25) is 11.8 Å². The number of halogens is 1. The first kappa shape index (κ1) is 27.4. The summed E-state index contributed by atoms with van der Waals surface area (Å²) in [5.74, 6) is -0.747. The van der Waals surface area contributed by atoms with Crippen molar-refractivity contribution in [2.75, 3.05) is 19.6 Å². The van der Waals surface area contributed by atoms with Gasteiger partial charge in [-0.3, -0.25) is 19.7 Å². The molecule has 3 amide bonds. The van der Waals surface area contributed by atoms with Crippen molar-refractivity contribution in [3.8, 4) is 0 Å². The third kappa shape index (κ3) is 5.88. The molecule has 1 unspecified atom stereocenters. The van der Waals surface area contributed by atoms with E-state index in [2.05, 4.69) is 21.1 Å². The summed E-state index contributed by atoms with van der Waals surface area (Å²) in [5, 5.41) is 3.06. The SMILES string of the molecule is [C-]#[N+]C1(c2cccc(Cl)c2)CCN(CCCCCCc2cccc3c2CN(C2CCC(=O)NC2=O)C3=O)CC1. The van der Waals surface area contributed by atoms with Crippen molar-refractivity contribution in [2.45, 2.75) is 75.9 Å². The predicted molar refractivity (Wildman–Crippen MR) is 150 cm³/mol. The first-order chi connectivity index (χ1) is 18.9. The molecule has 7 nitrogen and oxygen atoms in total. The van der Waals surface area contributed by atoms with Crippen LogP contribution in [-0.4, -0.2) is 53.2 Å². The number of nitrogens with zero attached hydrogens (tertiary/aromatic N) is 3. The zero-order valence-corrected chi connectivity index (χ0v) is 23.0. The molecule has 3 aliphatic heterocycles. The molecule has 8 heteroatoms. The normalized spacial score (nSPS) is 21.0. The van der Waals surface area contributed by atoms with Gasteiger partial charge in [-0.2, -0.15) is 0 Å². The van der Waals surface area contributed by atoms with Crippen LogP contribution in [0, 0.1) is 6.57 Å². The molecule has 0 spiro atoms. The molecule has 3 aliphatic rings. The lowest BCUT2D eigenvalue weighted by Gasteiger charge is -2.34. The molecule has 39 heavy (non-hydrogen) atoms. The number of fused-ring (bicyclic) bond motifs is 1. The maximum Gasteiger partial charge on any atom is 0.260 e. The zero-order chi connectivity index (χ0) is 27.4. The minimum Gasteiger partial charge on any atom is -0.322 e. The topological polar surface area (TPSA) is 74.1 Å². The highest BCUT2D eigenvalue weighted by Gasteiger charge is 2.42. The van der Waals surface area contributed by atoms with Crippen molar-refractivity contribution in [2.24, 2.45) is 0 Å². The number of carbonyl (C=O) groups is 3. The van der Waals surface area contributed by atoms with Crippen LogP contribution in [0.3, 0.4) is 0 Å². The minimum atomic E-state index is -0.573. The summed E-state index contributed by atoms with van der Waals surface area (Å²) in [5.41, 5.74) is 3.49. The highest BCUT2D eigenvalue weighted by Crippen LogP contribution is 2.38. The van der Waals surface area contributed by atoms with Crippen molar-refractivity contribution >= 4 is 29.3 Å². The minimum absolute atomic E-state index is 0.111. The number of rotatable bonds is 9. The van der Waals surface area contributed by atoms with Crippen LogP contribution < -0.4 is 5.32 Å². The molecule has 1 atom stereocenters. The molecule has 0 bridgehead atoms. The molecular formula is C31H35ClN4O3. The van der Waals surface area contributed by atoms with E-state index >= 15 is 0 Å². The van der Waals surface area contributed by atoms with Crippen LogP contribution in [-0.2, 0) is 28.1 Å². The number of hydrogen-bond donors (Lipinski definition) is 1. The van der Waals surface area contributed by atoms with E-state index in [1.54, 1.807) is 4.90 Å². The van der Waals surface area contributed by atoms with Gasteiger partial charge in [-0.15, -0.1) is 0 Å². The van der Waals surface area contributed by atoms with Crippen LogP contribution in [0.2, 0.25) is 5.02 Å². The lowest BCUT2D eigenvalue weighted by atomic mass is 9.81. The molecule has 5 rings (SSSR count). The fourth-order valence-electron chi connectivity index (χ4n) is 6.28. The third-order valence-corrected chi connectivity index (χ3v) is 8.84. The first-order valence-corrected chi connectivity index (χ1v) is 14.4. The number of unbranched alkanes of at least 4 members (excludes halogenated alkanes) is 3. The van der Waals surface area contributed by atoms with E-state index in [4.69, 9.17) is 18.2 Å². The van der Waals surface area contributed by atoms with E-state index < -0.39 is 11.6 Å². The van der Waals surface area contributed by atoms with Crippen LogP contribution >= 0.6 is 11.6 Å². The van der Waals surface area contributed by atoms with E-state index in [1.807, 2.05) is 36.4 Å². The summed E-state index contributed by atoms with van der Waals surface area (Å²) in [6, 6.07) is 13.1. The zero-order valence-electron chi connectivity index (χ0n) is 22.3. The largest absolute Gasteiger partial charge is 0.322 e. The molecule has 0 saturated carbocycles. The van der Waals surface area contributed by atoms with E-state index in [-0.39, 0.29) is 24.1 Å². The lowest BCUT2D eigenvalue weighted by Crippen LogP contribution is -2.52. The molecule has 1 N–H and O–H groups in total. The number of amides is 3. The number of hydrogen-bond acceptors (Lipinski definition) is 4. The van der Waals surface area contributed by atoms with Crippen LogP contribution in [0.1, 0.15) is 78.4 Å². The summed E-state index contributed by atoms with van der Waals surface area (Å²) in [6.07, 6.45) is 7.70. The molecule has 0 aromatic heterocycles. The van der Waals surface area contributed by atoms with E-state index in [9.17, 15) is 14.4 Å². The Hall–Kier alpha value is -3.21. The standard InChI is InChI=1S/C31H35ClN4O3/c1-33-31(23-10-7-11-24(32)20-23)15-18-35(19-16-31)17-5-3-2-4-8-22-9-6-12-25-26(22)21-36(30(25)39)27-13-14-28(37)34-29(27)38/h6-7,9-12,20,27H,2-5,8,13-19,21H2,(H,34,37,38). The monoisotopic (exact) mass is 546 g/mol. The molecule has 3 heterocycles. The van der Waals surface area contributed by atoms with Crippen molar-refractivity contribution in [1.29, 1.82) is 0 Å². The van der Waals surface area contributed by atoms with Gasteiger partial charge in [0.1, 0.15) is 6.04 Å². The van der Waals surface area contributed by atoms with Gasteiger partial charge in [-0.25, -0.2) is 6.57 Å². The molecular weight excluding hydrogens is 512 g/mol. The van der Waals surface area contributed by atoms with Crippen LogP contribution in [0.4, 0.5) is 0 Å². The first-order valence-electron chi connectivity index (χ1n) is 14.0. The fourth-order valence-corrected chi connectivity index (χ4v) is 6.47. The van der Waals surface area contributed by atoms with Crippen LogP contribution in [0.5, 0.6) is 0 Å². The Morgan fingerprint density at radius 1 is 1.03 bits per heavy atom. The lowest BCUT2D eigenvalue weighted by molar-refractivity contribution is -0.136. The quantitative estimate of drug-likeness (QED) is 0.269. The summed E-state index contributed by atoms with van der Waals surface area (Å²) in [7, 11) is 0. The average molecular weight is 547 g/mol. The molecule has 2 aromatic rings. The van der Waals surface area contributed by atoms with Gasteiger partial charge in [0.25, 0.3) is 11.4 Å². The van der Waals surface area contributed by atoms with Crippen LogP contribution in [0.25, 0.3) is 4.85 Å². The molecule has 0 aliphatic carbocycles. The predicted octanol–water partition coefficient (Wildman–Crippen LogP) is 5.11. The number of aryl methyl sites for hydroxylation is 1. The number of piperidine rings is 2. The summed E-state index contributed by atoms with van der Waals surface area (Å²) in [6.45, 7) is 11.2. The maximum absolute atomic E-state index is 13.0. The van der Waals surface area contributed by atoms with E-state index in [0.717, 1.165) is 75.7 Å². The Morgan fingerprint density at radius 2 is 1.79 bits per heavy atom. The third-order valence-electron chi connectivity index (χ3n) is 8.61. The molecule has 204 valence electrons. The summed E-state index contributed by atoms with van der Waals surface area (Å²) >= 11 is 6.19. The van der Waals surface area contributed by atoms with E-state index in [1.165, 1.54) is 5.56 Å². The highest BCUT2D eigenvalue weighted by atomic mass is 35.5. The van der Waals surface area contributed by atoms with Gasteiger partial charge >= 0.3 is 0 Å². The smallest absolute Gasteiger partial charge is 0.260 e.